The normalized spacial score (nSPS) is 21.3. The van der Waals surface area contributed by atoms with E-state index in [-0.39, 0.29) is 18.2 Å². The number of ketones is 1. The van der Waals surface area contributed by atoms with Gasteiger partial charge in [0.1, 0.15) is 5.82 Å². The molecule has 1 aromatic carbocycles. The lowest BCUT2D eigenvalue weighted by Crippen LogP contribution is -2.29. The van der Waals surface area contributed by atoms with Crippen molar-refractivity contribution in [1.82, 2.24) is 9.55 Å². The van der Waals surface area contributed by atoms with Gasteiger partial charge in [-0.1, -0.05) is 30.3 Å². The van der Waals surface area contributed by atoms with Crippen LogP contribution in [-0.4, -0.2) is 28.2 Å². The molecule has 7 nitrogen and oxygen atoms in total. The Morgan fingerprint density at radius 3 is 2.76 bits per heavy atom. The number of carbonyl (C=O) groups excluding carboxylic acids is 1. The number of carbonyl (C=O) groups is 1. The number of hydrogen-bond acceptors (Lipinski definition) is 6. The lowest BCUT2D eigenvalue weighted by Gasteiger charge is -2.12. The molecule has 0 radical (unpaired) electrons. The van der Waals surface area contributed by atoms with Crippen LogP contribution < -0.4 is 11.4 Å². The molecule has 3 rings (SSSR count). The summed E-state index contributed by atoms with van der Waals surface area (Å²) in [4.78, 5) is 27.5. The molecule has 21 heavy (non-hydrogen) atoms. The molecule has 2 heterocycles. The summed E-state index contributed by atoms with van der Waals surface area (Å²) in [6.45, 7) is 0.0920. The van der Waals surface area contributed by atoms with E-state index in [1.165, 1.54) is 16.8 Å². The smallest absolute Gasteiger partial charge is 0.351 e. The van der Waals surface area contributed by atoms with Crippen molar-refractivity contribution in [2.75, 3.05) is 12.3 Å². The van der Waals surface area contributed by atoms with Gasteiger partial charge in [0, 0.05) is 11.8 Å². The molecule has 1 aliphatic heterocycles. The predicted octanol–water partition coefficient (Wildman–Crippen LogP) is 0.580. The number of nitrogen functional groups attached to an aromatic ring is 1. The first-order valence-electron chi connectivity index (χ1n) is 6.36. The maximum absolute atomic E-state index is 12.2. The Morgan fingerprint density at radius 1 is 1.29 bits per heavy atom. The van der Waals surface area contributed by atoms with Crippen LogP contribution in [0.4, 0.5) is 5.82 Å². The highest BCUT2D eigenvalue weighted by Crippen LogP contribution is 2.22. The molecule has 1 fully saturated rings. The topological polar surface area (TPSA) is 96.4 Å². The SMILES string of the molecule is Nc1ccn([C@@H]2CO[C@H](C(=O)c3ccccc3)O2)c(=O)n1. The van der Waals surface area contributed by atoms with Gasteiger partial charge >= 0.3 is 5.69 Å². The first-order valence-corrected chi connectivity index (χ1v) is 6.36. The maximum atomic E-state index is 12.2. The molecule has 0 bridgehead atoms. The van der Waals surface area contributed by atoms with Crippen molar-refractivity contribution in [3.8, 4) is 0 Å². The molecule has 0 aliphatic carbocycles. The summed E-state index contributed by atoms with van der Waals surface area (Å²) in [5.41, 5.74) is 5.37. The van der Waals surface area contributed by atoms with E-state index in [1.807, 2.05) is 6.07 Å². The summed E-state index contributed by atoms with van der Waals surface area (Å²) in [7, 11) is 0. The summed E-state index contributed by atoms with van der Waals surface area (Å²) in [6, 6.07) is 10.2. The van der Waals surface area contributed by atoms with Gasteiger partial charge in [0.25, 0.3) is 0 Å². The third-order valence-corrected chi connectivity index (χ3v) is 3.11. The van der Waals surface area contributed by atoms with E-state index < -0.39 is 18.2 Å². The van der Waals surface area contributed by atoms with Crippen LogP contribution in [0.5, 0.6) is 0 Å². The number of anilines is 1. The van der Waals surface area contributed by atoms with Crippen molar-refractivity contribution in [3.63, 3.8) is 0 Å². The monoisotopic (exact) mass is 287 g/mol. The second-order valence-electron chi connectivity index (χ2n) is 4.53. The summed E-state index contributed by atoms with van der Waals surface area (Å²) >= 11 is 0. The third-order valence-electron chi connectivity index (χ3n) is 3.11. The van der Waals surface area contributed by atoms with Gasteiger partial charge in [0.15, 0.2) is 6.23 Å². The standard InChI is InChI=1S/C14H13N3O4/c15-10-6-7-17(14(19)16-10)11-8-20-13(21-11)12(18)9-4-2-1-3-5-9/h1-7,11,13H,8H2,(H2,15,16,19)/t11-,13-/m0/s1. The molecule has 0 spiro atoms. The molecule has 1 aliphatic rings. The van der Waals surface area contributed by atoms with E-state index in [0.29, 0.717) is 5.56 Å². The minimum Gasteiger partial charge on any atom is -0.383 e. The second kappa shape index (κ2) is 5.47. The number of nitrogens with zero attached hydrogens (tertiary/aromatic N) is 2. The largest absolute Gasteiger partial charge is 0.383 e. The van der Waals surface area contributed by atoms with Crippen molar-refractivity contribution in [2.45, 2.75) is 12.5 Å². The number of nitrogens with two attached hydrogens (primary N) is 1. The zero-order valence-electron chi connectivity index (χ0n) is 11.0. The fourth-order valence-corrected chi connectivity index (χ4v) is 2.06. The summed E-state index contributed by atoms with van der Waals surface area (Å²) in [6.07, 6.45) is -0.251. The van der Waals surface area contributed by atoms with Gasteiger partial charge in [-0.05, 0) is 6.07 Å². The Kier molecular flexibility index (Phi) is 3.51. The average molecular weight is 287 g/mol. The molecule has 2 atom stereocenters. The summed E-state index contributed by atoms with van der Waals surface area (Å²) < 4.78 is 12.1. The van der Waals surface area contributed by atoms with Gasteiger partial charge in [-0.25, -0.2) is 4.79 Å². The van der Waals surface area contributed by atoms with Crippen molar-refractivity contribution >= 4 is 11.6 Å². The van der Waals surface area contributed by atoms with Crippen LogP contribution in [0.2, 0.25) is 0 Å². The molecule has 2 N–H and O–H groups in total. The minimum atomic E-state index is -1.03. The van der Waals surface area contributed by atoms with E-state index >= 15 is 0 Å². The number of rotatable bonds is 3. The third kappa shape index (κ3) is 2.69. The van der Waals surface area contributed by atoms with Gasteiger partial charge in [0.05, 0.1) is 6.61 Å². The van der Waals surface area contributed by atoms with Gasteiger partial charge in [0.2, 0.25) is 12.1 Å². The second-order valence-corrected chi connectivity index (χ2v) is 4.53. The minimum absolute atomic E-state index is 0.0920. The van der Waals surface area contributed by atoms with Gasteiger partial charge in [-0.15, -0.1) is 0 Å². The Hall–Kier alpha value is -2.51. The maximum Gasteiger partial charge on any atom is 0.351 e. The summed E-state index contributed by atoms with van der Waals surface area (Å²) in [5, 5.41) is 0. The van der Waals surface area contributed by atoms with Crippen LogP contribution in [0.1, 0.15) is 16.6 Å². The predicted molar refractivity (Wildman–Crippen MR) is 73.5 cm³/mol. The van der Waals surface area contributed by atoms with E-state index in [4.69, 9.17) is 15.2 Å². The molecular weight excluding hydrogens is 274 g/mol. The highest BCUT2D eigenvalue weighted by atomic mass is 16.7. The molecule has 7 heteroatoms. The van der Waals surface area contributed by atoms with Crippen LogP contribution in [-0.2, 0) is 9.47 Å². The molecule has 0 saturated carbocycles. The number of Topliss-reactive ketones (excluding diaryl/α,β-unsaturated/α-hetero) is 1. The average Bonchev–Trinajstić information content (AvgIpc) is 2.97. The lowest BCUT2D eigenvalue weighted by molar-refractivity contribution is -0.0486. The first kappa shape index (κ1) is 13.5. The number of ether oxygens (including phenoxy) is 2. The molecule has 1 saturated heterocycles. The molecule has 1 aromatic heterocycles. The zero-order valence-corrected chi connectivity index (χ0v) is 11.0. The number of aromatic nitrogens is 2. The van der Waals surface area contributed by atoms with Crippen molar-refractivity contribution < 1.29 is 14.3 Å². The highest BCUT2D eigenvalue weighted by molar-refractivity contribution is 5.98. The Morgan fingerprint density at radius 2 is 2.05 bits per heavy atom. The van der Waals surface area contributed by atoms with Gasteiger partial charge in [-0.2, -0.15) is 4.98 Å². The van der Waals surface area contributed by atoms with Crippen molar-refractivity contribution in [1.29, 1.82) is 0 Å². The van der Waals surface area contributed by atoms with Gasteiger partial charge < -0.3 is 15.2 Å². The van der Waals surface area contributed by atoms with Crippen molar-refractivity contribution in [2.24, 2.45) is 0 Å². The molecular formula is C14H13N3O4. The fraction of sp³-hybridized carbons (Fsp3) is 0.214. The zero-order chi connectivity index (χ0) is 14.8. The van der Waals surface area contributed by atoms with Crippen LogP contribution in [0.15, 0.2) is 47.4 Å². The van der Waals surface area contributed by atoms with Crippen LogP contribution >= 0.6 is 0 Å². The Balaban J connectivity index is 1.76. The first-order chi connectivity index (χ1) is 10.1. The Labute approximate surface area is 119 Å². The lowest BCUT2D eigenvalue weighted by atomic mass is 10.1. The van der Waals surface area contributed by atoms with E-state index in [9.17, 15) is 9.59 Å². The quantitative estimate of drug-likeness (QED) is 0.829. The van der Waals surface area contributed by atoms with E-state index in [2.05, 4.69) is 4.98 Å². The fourth-order valence-electron chi connectivity index (χ4n) is 2.06. The van der Waals surface area contributed by atoms with Gasteiger partial charge in [-0.3, -0.25) is 9.36 Å². The van der Waals surface area contributed by atoms with Crippen LogP contribution in [0.25, 0.3) is 0 Å². The van der Waals surface area contributed by atoms with E-state index in [1.54, 1.807) is 24.3 Å². The van der Waals surface area contributed by atoms with Crippen LogP contribution in [0.3, 0.4) is 0 Å². The van der Waals surface area contributed by atoms with Crippen molar-refractivity contribution in [3.05, 3.63) is 58.6 Å². The number of hydrogen-bond donors (Lipinski definition) is 1. The van der Waals surface area contributed by atoms with E-state index in [0.717, 1.165) is 0 Å². The molecule has 2 aromatic rings. The molecule has 0 amide bonds. The highest BCUT2D eigenvalue weighted by Gasteiger charge is 2.33. The molecule has 108 valence electrons. The number of benzene rings is 1. The molecule has 0 unspecified atom stereocenters. The Bertz CT molecular complexity index is 714. The van der Waals surface area contributed by atoms with Crippen LogP contribution in [0, 0.1) is 0 Å². The summed E-state index contributed by atoms with van der Waals surface area (Å²) in [5.74, 6) is -0.151.